The van der Waals surface area contributed by atoms with E-state index in [1.165, 1.54) is 77.9 Å². The summed E-state index contributed by atoms with van der Waals surface area (Å²) in [4.78, 5) is 0. The maximum Gasteiger partial charge on any atom is 0.0723 e. The first-order valence-electron chi connectivity index (χ1n) is 14.6. The van der Waals surface area contributed by atoms with E-state index < -0.39 is 8.07 Å². The van der Waals surface area contributed by atoms with Crippen molar-refractivity contribution in [2.24, 2.45) is 0 Å². The molecule has 0 N–H and O–H groups in total. The van der Waals surface area contributed by atoms with Crippen LogP contribution in [0.25, 0.3) is 32.3 Å². The van der Waals surface area contributed by atoms with E-state index in [0.717, 1.165) is 10.1 Å². The molecule has 0 nitrogen and oxygen atoms in total. The lowest BCUT2D eigenvalue weighted by Crippen LogP contribution is -2.42. The molecular formula is C38H38Cl2Si. The first-order chi connectivity index (χ1) is 19.4. The van der Waals surface area contributed by atoms with E-state index >= 15 is 0 Å². The van der Waals surface area contributed by atoms with E-state index in [1.54, 1.807) is 0 Å². The number of hydrogen-bond acceptors (Lipinski definition) is 0. The van der Waals surface area contributed by atoms with Crippen LogP contribution in [-0.2, 0) is 0 Å². The molecule has 0 bridgehead atoms. The fourth-order valence-corrected chi connectivity index (χ4v) is 13.8. The second kappa shape index (κ2) is 10.2. The van der Waals surface area contributed by atoms with Gasteiger partial charge in [0.2, 0.25) is 0 Å². The van der Waals surface area contributed by atoms with Crippen molar-refractivity contribution in [3.63, 3.8) is 0 Å². The van der Waals surface area contributed by atoms with Crippen molar-refractivity contribution < 1.29 is 0 Å². The van der Waals surface area contributed by atoms with Crippen LogP contribution in [0.3, 0.4) is 0 Å². The Morgan fingerprint density at radius 3 is 1.20 bits per heavy atom. The van der Waals surface area contributed by atoms with Gasteiger partial charge in [-0.25, -0.2) is 0 Å². The minimum absolute atomic E-state index is 0.302. The van der Waals surface area contributed by atoms with Crippen molar-refractivity contribution in [2.75, 3.05) is 0 Å². The van der Waals surface area contributed by atoms with Gasteiger partial charge in [0.05, 0.1) is 8.07 Å². The molecule has 0 saturated carbocycles. The van der Waals surface area contributed by atoms with Crippen LogP contribution in [0.1, 0.15) is 69.4 Å². The molecule has 0 saturated heterocycles. The Kier molecular flexibility index (Phi) is 7.01. The van der Waals surface area contributed by atoms with Crippen molar-refractivity contribution >= 4 is 41.3 Å². The molecule has 0 radical (unpaired) electrons. The molecule has 208 valence electrons. The molecule has 0 aliphatic heterocycles. The summed E-state index contributed by atoms with van der Waals surface area (Å²) in [6.07, 6.45) is 0. The first-order valence-corrected chi connectivity index (χ1v) is 18.5. The summed E-state index contributed by atoms with van der Waals surface area (Å²) in [6, 6.07) is 27.2. The zero-order valence-electron chi connectivity index (χ0n) is 25.3. The van der Waals surface area contributed by atoms with Crippen LogP contribution in [0.5, 0.6) is 0 Å². The van der Waals surface area contributed by atoms with Gasteiger partial charge in [0.25, 0.3) is 0 Å². The highest BCUT2D eigenvalue weighted by Gasteiger charge is 2.49. The smallest absolute Gasteiger partial charge is 0.0723 e. The van der Waals surface area contributed by atoms with Crippen molar-refractivity contribution in [1.29, 1.82) is 0 Å². The van der Waals surface area contributed by atoms with Crippen LogP contribution in [0.2, 0.25) is 13.1 Å². The van der Waals surface area contributed by atoms with E-state index in [9.17, 15) is 0 Å². The summed E-state index contributed by atoms with van der Waals surface area (Å²) in [5, 5.41) is 1.85. The SMILES string of the molecule is CC1=C(Cl)c2c(-c3cc(C)cc(C)c3)cccc2C1[Si](C)(C)C1C(C)=C(Cl)c2c(-c3cc(C)cc(C)c3)cccc21. The van der Waals surface area contributed by atoms with Gasteiger partial charge in [-0.05, 0) is 86.1 Å². The van der Waals surface area contributed by atoms with Crippen molar-refractivity contribution in [1.82, 2.24) is 0 Å². The summed E-state index contributed by atoms with van der Waals surface area (Å²) in [6.45, 7) is 18.3. The Hall–Kier alpha value is -2.84. The normalized spacial score (nSPS) is 18.3. The monoisotopic (exact) mass is 592 g/mol. The average molecular weight is 594 g/mol. The predicted molar refractivity (Wildman–Crippen MR) is 183 cm³/mol. The molecule has 2 aliphatic rings. The number of fused-ring (bicyclic) bond motifs is 2. The summed E-state index contributed by atoms with van der Waals surface area (Å²) < 4.78 is 0. The molecule has 0 amide bonds. The topological polar surface area (TPSA) is 0 Å². The molecule has 0 heterocycles. The first kappa shape index (κ1) is 28.3. The number of hydrogen-bond donors (Lipinski definition) is 0. The molecule has 0 aromatic heterocycles. The lowest BCUT2D eigenvalue weighted by atomic mass is 9.94. The highest BCUT2D eigenvalue weighted by molar-refractivity contribution is 6.82. The summed E-state index contributed by atoms with van der Waals surface area (Å²) in [7, 11) is -2.13. The van der Waals surface area contributed by atoms with Gasteiger partial charge in [-0.15, -0.1) is 0 Å². The zero-order valence-corrected chi connectivity index (χ0v) is 27.9. The molecule has 6 rings (SSSR count). The summed E-state index contributed by atoms with van der Waals surface area (Å²) >= 11 is 14.6. The minimum Gasteiger partial charge on any atom is -0.0837 e. The molecule has 2 aliphatic carbocycles. The Morgan fingerprint density at radius 2 is 0.854 bits per heavy atom. The van der Waals surface area contributed by atoms with Crippen LogP contribution >= 0.6 is 23.2 Å². The van der Waals surface area contributed by atoms with Crippen LogP contribution in [-0.4, -0.2) is 8.07 Å². The number of benzene rings is 4. The third-order valence-electron chi connectivity index (χ3n) is 9.37. The zero-order chi connectivity index (χ0) is 29.4. The average Bonchev–Trinajstić information content (AvgIpc) is 3.32. The fraction of sp³-hybridized carbons (Fsp3) is 0.263. The van der Waals surface area contributed by atoms with Gasteiger partial charge in [-0.3, -0.25) is 0 Å². The highest BCUT2D eigenvalue weighted by Crippen LogP contribution is 2.58. The number of rotatable bonds is 4. The van der Waals surface area contributed by atoms with Crippen molar-refractivity contribution in [3.05, 3.63) is 128 Å². The second-order valence-electron chi connectivity index (χ2n) is 13.0. The molecule has 3 heteroatoms. The Labute approximate surface area is 256 Å². The quantitative estimate of drug-likeness (QED) is 0.207. The van der Waals surface area contributed by atoms with E-state index in [4.69, 9.17) is 23.2 Å². The lowest BCUT2D eigenvalue weighted by Gasteiger charge is -2.39. The summed E-state index contributed by atoms with van der Waals surface area (Å²) in [5.74, 6) is 0. The molecule has 4 aromatic rings. The molecule has 41 heavy (non-hydrogen) atoms. The second-order valence-corrected chi connectivity index (χ2v) is 18.5. The highest BCUT2D eigenvalue weighted by atomic mass is 35.5. The number of allylic oxidation sites excluding steroid dienone is 2. The van der Waals surface area contributed by atoms with E-state index in [-0.39, 0.29) is 0 Å². The van der Waals surface area contributed by atoms with Gasteiger partial charge in [-0.1, -0.05) is 131 Å². The lowest BCUT2D eigenvalue weighted by molar-refractivity contribution is 0.968. The third-order valence-corrected chi connectivity index (χ3v) is 14.8. The molecule has 4 aromatic carbocycles. The Morgan fingerprint density at radius 1 is 0.512 bits per heavy atom. The van der Waals surface area contributed by atoms with Gasteiger partial charge in [0.1, 0.15) is 0 Å². The van der Waals surface area contributed by atoms with Crippen LogP contribution in [0, 0.1) is 27.7 Å². The number of aryl methyl sites for hydroxylation is 4. The van der Waals surface area contributed by atoms with Gasteiger partial charge < -0.3 is 0 Å². The van der Waals surface area contributed by atoms with Gasteiger partial charge >= 0.3 is 0 Å². The molecule has 2 unspecified atom stereocenters. The van der Waals surface area contributed by atoms with Crippen molar-refractivity contribution in [3.8, 4) is 22.3 Å². The molecular weight excluding hydrogens is 555 g/mol. The van der Waals surface area contributed by atoms with Crippen LogP contribution < -0.4 is 0 Å². The van der Waals surface area contributed by atoms with E-state index in [2.05, 4.69) is 127 Å². The fourth-order valence-electron chi connectivity index (χ4n) is 8.05. The molecule has 2 atom stereocenters. The van der Waals surface area contributed by atoms with E-state index in [1.807, 2.05) is 0 Å². The Balaban J connectivity index is 1.51. The van der Waals surface area contributed by atoms with E-state index in [0.29, 0.717) is 11.1 Å². The largest absolute Gasteiger partial charge is 0.0837 e. The Bertz CT molecular complexity index is 1630. The third kappa shape index (κ3) is 4.49. The summed E-state index contributed by atoms with van der Waals surface area (Å²) in [5.41, 5.74) is 18.5. The number of halogens is 2. The van der Waals surface area contributed by atoms with Crippen LogP contribution in [0.4, 0.5) is 0 Å². The minimum atomic E-state index is -2.13. The maximum atomic E-state index is 7.30. The predicted octanol–water partition coefficient (Wildman–Crippen LogP) is 11.9. The van der Waals surface area contributed by atoms with Gasteiger partial charge in [0.15, 0.2) is 0 Å². The standard InChI is InChI=1S/C38H38Cl2Si/c1-21-15-22(2)18-27(17-21)29-11-9-13-31-33(29)35(39)25(5)37(31)41(7,8)38-26(6)36(40)34-30(12-10-14-32(34)38)28-19-23(3)16-24(4)20-28/h9-20,37-38H,1-8H3. The van der Waals surface area contributed by atoms with Crippen LogP contribution in [0.15, 0.2) is 83.9 Å². The maximum absolute atomic E-state index is 7.30. The van der Waals surface area contributed by atoms with Gasteiger partial charge in [0, 0.05) is 32.3 Å². The molecule has 0 fully saturated rings. The van der Waals surface area contributed by atoms with Gasteiger partial charge in [-0.2, -0.15) is 0 Å². The molecule has 0 spiro atoms. The van der Waals surface area contributed by atoms with Crippen molar-refractivity contribution in [2.45, 2.75) is 65.7 Å².